The Hall–Kier alpha value is -2.74. The molecule has 0 saturated carbocycles. The van der Waals surface area contributed by atoms with Gasteiger partial charge in [0.05, 0.1) is 13.5 Å². The number of alkyl halides is 1. The minimum absolute atomic E-state index is 0.248. The average molecular weight is 443 g/mol. The zero-order valence-corrected chi connectivity index (χ0v) is 18.5. The minimum atomic E-state index is -1.56. The van der Waals surface area contributed by atoms with Gasteiger partial charge in [-0.2, -0.15) is 0 Å². The summed E-state index contributed by atoms with van der Waals surface area (Å²) in [6.45, 7) is 2.28. The summed E-state index contributed by atoms with van der Waals surface area (Å²) in [6.07, 6.45) is 6.36. The molecule has 8 heteroatoms. The molecule has 2 aromatic heterocycles. The smallest absolute Gasteiger partial charge is 0.304 e. The molecule has 0 bridgehead atoms. The minimum Gasteiger partial charge on any atom is -0.481 e. The van der Waals surface area contributed by atoms with E-state index in [4.69, 9.17) is 9.72 Å². The van der Waals surface area contributed by atoms with Gasteiger partial charge in [0, 0.05) is 43.5 Å². The van der Waals surface area contributed by atoms with Gasteiger partial charge < -0.3 is 15.2 Å². The number of aromatic nitrogens is 2. The largest absolute Gasteiger partial charge is 0.481 e. The molecular weight excluding hydrogens is 411 g/mol. The van der Waals surface area contributed by atoms with E-state index in [-0.39, 0.29) is 19.5 Å². The molecule has 0 radical (unpaired) electrons. The number of rotatable bonds is 10. The van der Waals surface area contributed by atoms with Crippen LogP contribution in [0.25, 0.3) is 0 Å². The molecule has 172 valence electrons. The molecule has 1 unspecified atom stereocenters. The van der Waals surface area contributed by atoms with Crippen molar-refractivity contribution in [3.63, 3.8) is 0 Å². The first kappa shape index (κ1) is 22.5. The number of methoxy groups -OCH3 is 1. The summed E-state index contributed by atoms with van der Waals surface area (Å²) in [4.78, 5) is 22.3. The number of aliphatic carboxylic acids is 1. The second-order valence-electron chi connectivity index (χ2n) is 8.83. The normalized spacial score (nSPS) is 18.2. The molecule has 1 atom stereocenters. The molecule has 0 amide bonds. The molecule has 2 aliphatic rings. The van der Waals surface area contributed by atoms with Gasteiger partial charge in [0.25, 0.3) is 0 Å². The Morgan fingerprint density at radius 1 is 1.31 bits per heavy atom. The number of nitrogens with zero attached hydrogens (tertiary/aromatic N) is 3. The van der Waals surface area contributed by atoms with Crippen molar-refractivity contribution in [1.82, 2.24) is 14.9 Å². The van der Waals surface area contributed by atoms with Crippen molar-refractivity contribution in [3.05, 3.63) is 47.3 Å². The van der Waals surface area contributed by atoms with Crippen molar-refractivity contribution < 1.29 is 19.0 Å². The maximum Gasteiger partial charge on any atom is 0.304 e. The van der Waals surface area contributed by atoms with Crippen LogP contribution in [-0.4, -0.2) is 64.9 Å². The number of pyridine rings is 2. The van der Waals surface area contributed by atoms with Crippen LogP contribution in [0.3, 0.4) is 0 Å². The molecular formula is C24H31FN4O3. The predicted octanol–water partition coefficient (Wildman–Crippen LogP) is 3.45. The zero-order chi connectivity index (χ0) is 22.6. The molecule has 1 saturated heterocycles. The van der Waals surface area contributed by atoms with Gasteiger partial charge in [-0.25, -0.2) is 14.4 Å². The number of fused-ring (bicyclic) bond motifs is 1. The van der Waals surface area contributed by atoms with Gasteiger partial charge in [-0.15, -0.1) is 0 Å². The first-order chi connectivity index (χ1) is 15.5. The highest BCUT2D eigenvalue weighted by atomic mass is 19.1. The number of carboxylic acids is 1. The molecule has 2 N–H and O–H groups in total. The lowest BCUT2D eigenvalue weighted by molar-refractivity contribution is -0.140. The van der Waals surface area contributed by atoms with E-state index < -0.39 is 17.6 Å². The van der Waals surface area contributed by atoms with E-state index >= 15 is 4.39 Å². The molecule has 0 aliphatic carbocycles. The number of carbonyl (C=O) groups is 1. The third-order valence-corrected chi connectivity index (χ3v) is 6.46. The molecule has 2 aliphatic heterocycles. The third-order valence-electron chi connectivity index (χ3n) is 6.46. The first-order valence-electron chi connectivity index (χ1n) is 11.3. The average Bonchev–Trinajstić information content (AvgIpc) is 2.78. The number of anilines is 1. The molecule has 0 spiro atoms. The Bertz CT molecular complexity index is 931. The number of hydrogen-bond acceptors (Lipinski definition) is 6. The quantitative estimate of drug-likeness (QED) is 0.545. The second-order valence-corrected chi connectivity index (χ2v) is 8.83. The van der Waals surface area contributed by atoms with E-state index in [1.165, 1.54) is 18.9 Å². The van der Waals surface area contributed by atoms with Gasteiger partial charge in [-0.05, 0) is 55.8 Å². The molecule has 7 nitrogen and oxygen atoms in total. The van der Waals surface area contributed by atoms with Gasteiger partial charge in [0.15, 0.2) is 0 Å². The monoisotopic (exact) mass is 442 g/mol. The summed E-state index contributed by atoms with van der Waals surface area (Å²) < 4.78 is 20.7. The maximum absolute atomic E-state index is 15.6. The highest BCUT2D eigenvalue weighted by molar-refractivity contribution is 5.68. The van der Waals surface area contributed by atoms with E-state index in [0.29, 0.717) is 11.4 Å². The lowest BCUT2D eigenvalue weighted by Crippen LogP contribution is -2.62. The van der Waals surface area contributed by atoms with Crippen molar-refractivity contribution in [2.24, 2.45) is 0 Å². The summed E-state index contributed by atoms with van der Waals surface area (Å²) in [5.41, 5.74) is 1.43. The van der Waals surface area contributed by atoms with Crippen LogP contribution in [0, 0.1) is 0 Å². The Balaban J connectivity index is 1.26. The van der Waals surface area contributed by atoms with Crippen molar-refractivity contribution in [3.8, 4) is 5.88 Å². The van der Waals surface area contributed by atoms with Crippen LogP contribution in [0.1, 0.15) is 48.4 Å². The van der Waals surface area contributed by atoms with Crippen LogP contribution in [0.15, 0.2) is 30.5 Å². The number of hydrogen-bond donors (Lipinski definition) is 2. The van der Waals surface area contributed by atoms with Crippen LogP contribution in [0.5, 0.6) is 5.88 Å². The highest BCUT2D eigenvalue weighted by Crippen LogP contribution is 2.41. The maximum atomic E-state index is 15.6. The summed E-state index contributed by atoms with van der Waals surface area (Å²) in [5.74, 6) is -0.276. The van der Waals surface area contributed by atoms with Crippen molar-refractivity contribution in [2.75, 3.05) is 38.6 Å². The topological polar surface area (TPSA) is 87.6 Å². The number of nitrogens with one attached hydrogen (secondary N) is 1. The molecule has 32 heavy (non-hydrogen) atoms. The number of halogens is 1. The predicted molar refractivity (Wildman–Crippen MR) is 120 cm³/mol. The molecule has 0 aromatic carbocycles. The molecule has 4 rings (SSSR count). The third kappa shape index (κ3) is 5.18. The van der Waals surface area contributed by atoms with Crippen molar-refractivity contribution >= 4 is 11.8 Å². The van der Waals surface area contributed by atoms with Crippen molar-refractivity contribution in [1.29, 1.82) is 0 Å². The van der Waals surface area contributed by atoms with Crippen LogP contribution in [0.2, 0.25) is 0 Å². The number of unbranched alkanes of at least 4 members (excludes halogenated alkanes) is 1. The van der Waals surface area contributed by atoms with Crippen LogP contribution in [-0.2, 0) is 17.6 Å². The highest BCUT2D eigenvalue weighted by Gasteiger charge is 2.50. The van der Waals surface area contributed by atoms with E-state index in [0.717, 1.165) is 56.7 Å². The number of ether oxygens (including phenoxy) is 1. The zero-order valence-electron chi connectivity index (χ0n) is 18.5. The molecule has 4 heterocycles. The second kappa shape index (κ2) is 9.81. The molecule has 1 fully saturated rings. The summed E-state index contributed by atoms with van der Waals surface area (Å²) >= 11 is 0. The van der Waals surface area contributed by atoms with Gasteiger partial charge in [0.2, 0.25) is 5.88 Å². The summed E-state index contributed by atoms with van der Waals surface area (Å²) in [5, 5.41) is 12.7. The van der Waals surface area contributed by atoms with Crippen LogP contribution in [0.4, 0.5) is 10.2 Å². The Morgan fingerprint density at radius 2 is 2.16 bits per heavy atom. The standard InChI is InChI=1S/C24H31FN4O3/c1-32-21-10-8-18(14-27-21)20(13-22(30)31)24(25)15-29(16-24)12-3-2-6-19-9-7-17-5-4-11-26-23(17)28-19/h7-10,14,20H,2-6,11-13,15-16H2,1H3,(H,26,28)(H,30,31). The Morgan fingerprint density at radius 3 is 2.88 bits per heavy atom. The Labute approximate surface area is 188 Å². The Kier molecular flexibility index (Phi) is 6.89. The van der Waals surface area contributed by atoms with Gasteiger partial charge in [-0.1, -0.05) is 12.1 Å². The summed E-state index contributed by atoms with van der Waals surface area (Å²) in [6, 6.07) is 7.65. The number of carboxylic acid groups (broad SMARTS) is 1. The fourth-order valence-corrected chi connectivity index (χ4v) is 4.72. The first-order valence-corrected chi connectivity index (χ1v) is 11.3. The number of likely N-dealkylation sites (tertiary alicyclic amines) is 1. The lowest BCUT2D eigenvalue weighted by atomic mass is 9.76. The van der Waals surface area contributed by atoms with Gasteiger partial charge >= 0.3 is 5.97 Å². The van der Waals surface area contributed by atoms with Crippen molar-refractivity contribution in [2.45, 2.75) is 50.1 Å². The SMILES string of the molecule is COc1ccc(C(CC(=O)O)C2(F)CN(CCCCc3ccc4c(n3)NCCC4)C2)cn1. The van der Waals surface area contributed by atoms with Crippen LogP contribution < -0.4 is 10.1 Å². The van der Waals surface area contributed by atoms with E-state index in [2.05, 4.69) is 27.3 Å². The molecule has 2 aromatic rings. The van der Waals surface area contributed by atoms with E-state index in [1.807, 2.05) is 0 Å². The lowest BCUT2D eigenvalue weighted by Gasteiger charge is -2.48. The van der Waals surface area contributed by atoms with E-state index in [9.17, 15) is 9.90 Å². The van der Waals surface area contributed by atoms with Gasteiger partial charge in [0.1, 0.15) is 11.5 Å². The number of aryl methyl sites for hydroxylation is 2. The van der Waals surface area contributed by atoms with Crippen LogP contribution >= 0.6 is 0 Å². The fraction of sp³-hybridized carbons (Fsp3) is 0.542. The van der Waals surface area contributed by atoms with Gasteiger partial charge in [-0.3, -0.25) is 9.69 Å². The summed E-state index contributed by atoms with van der Waals surface area (Å²) in [7, 11) is 1.51. The fourth-order valence-electron chi connectivity index (χ4n) is 4.72. The van der Waals surface area contributed by atoms with E-state index in [1.54, 1.807) is 12.1 Å².